The van der Waals surface area contributed by atoms with E-state index >= 15 is 0 Å². The lowest BCUT2D eigenvalue weighted by Gasteiger charge is -2.15. The number of rotatable bonds is 9. The monoisotopic (exact) mass is 634 g/mol. The number of aliphatic hydroxyl groups is 1. The number of anilines is 1. The normalized spacial score (nSPS) is 12.5. The molecule has 11 nitrogen and oxygen atoms in total. The number of halogens is 1. The van der Waals surface area contributed by atoms with Crippen LogP contribution < -0.4 is 10.0 Å². The summed E-state index contributed by atoms with van der Waals surface area (Å²) in [5.74, 6) is -0.502. The van der Waals surface area contributed by atoms with Gasteiger partial charge in [0.05, 0.1) is 29.5 Å². The highest BCUT2D eigenvalue weighted by Crippen LogP contribution is 2.34. The summed E-state index contributed by atoms with van der Waals surface area (Å²) < 4.78 is 40.2. The molecule has 2 aromatic carbocycles. The molecular formula is C33H27FN8O3S. The van der Waals surface area contributed by atoms with Gasteiger partial charge in [-0.15, -0.1) is 0 Å². The van der Waals surface area contributed by atoms with Gasteiger partial charge in [0.2, 0.25) is 10.0 Å². The van der Waals surface area contributed by atoms with Crippen LogP contribution in [0.1, 0.15) is 17.4 Å². The third-order valence-corrected chi connectivity index (χ3v) is 8.15. The fourth-order valence-electron chi connectivity index (χ4n) is 5.33. The number of sulfonamides is 1. The Morgan fingerprint density at radius 2 is 1.72 bits per heavy atom. The summed E-state index contributed by atoms with van der Waals surface area (Å²) in [6.45, 7) is -0.0470. The Hall–Kier alpha value is -5.50. The standard InChI is InChI=1S/C33H27FN8O3S/c1-46(44,45)38-15-19-9-21(11-24(34)10-19)30-26-14-29(40-28(26)7-8-36-30)31-27-13-23(17-37-32(27)42-41-31)22-12-25(18-35-16-22)39-33(43)20-5-3-2-4-6-20/h2-14,16-18,33,38-40,43H,15H2,1H3,(H,37,41,42). The summed E-state index contributed by atoms with van der Waals surface area (Å²) in [6.07, 6.45) is 6.88. The molecule has 0 saturated heterocycles. The molecular weight excluding hydrogens is 607 g/mol. The van der Waals surface area contributed by atoms with E-state index in [2.05, 4.69) is 40.2 Å². The molecule has 5 heterocycles. The van der Waals surface area contributed by atoms with Crippen molar-refractivity contribution in [1.82, 2.24) is 34.9 Å². The van der Waals surface area contributed by atoms with Crippen LogP contribution in [0.4, 0.5) is 10.1 Å². The maximum atomic E-state index is 14.6. The Bertz CT molecular complexity index is 2320. The average molecular weight is 635 g/mol. The molecule has 7 aromatic rings. The average Bonchev–Trinajstić information content (AvgIpc) is 3.68. The molecule has 7 rings (SSSR count). The first-order valence-electron chi connectivity index (χ1n) is 14.2. The highest BCUT2D eigenvalue weighted by molar-refractivity contribution is 7.88. The molecule has 0 saturated carbocycles. The predicted octanol–water partition coefficient (Wildman–Crippen LogP) is 5.52. The molecule has 1 atom stereocenters. The van der Waals surface area contributed by atoms with Gasteiger partial charge >= 0.3 is 0 Å². The minimum absolute atomic E-state index is 0.0470. The van der Waals surface area contributed by atoms with Crippen LogP contribution in [-0.2, 0) is 16.6 Å². The summed E-state index contributed by atoms with van der Waals surface area (Å²) in [6, 6.07) is 21.2. The quantitative estimate of drug-likeness (QED) is 0.130. The second-order valence-corrected chi connectivity index (χ2v) is 12.7. The lowest BCUT2D eigenvalue weighted by molar-refractivity contribution is 0.208. The Kier molecular flexibility index (Phi) is 7.48. The van der Waals surface area contributed by atoms with E-state index in [0.717, 1.165) is 39.2 Å². The Morgan fingerprint density at radius 1 is 0.891 bits per heavy atom. The molecule has 0 spiro atoms. The van der Waals surface area contributed by atoms with Crippen LogP contribution in [0.15, 0.2) is 97.6 Å². The van der Waals surface area contributed by atoms with Crippen molar-refractivity contribution in [1.29, 1.82) is 0 Å². The van der Waals surface area contributed by atoms with Gasteiger partial charge in [0.25, 0.3) is 0 Å². The van der Waals surface area contributed by atoms with Gasteiger partial charge in [-0.1, -0.05) is 30.3 Å². The largest absolute Gasteiger partial charge is 0.369 e. The van der Waals surface area contributed by atoms with Crippen molar-refractivity contribution in [2.45, 2.75) is 12.8 Å². The number of aromatic amines is 2. The fraction of sp³-hybridized carbons (Fsp3) is 0.0909. The van der Waals surface area contributed by atoms with E-state index in [4.69, 9.17) is 0 Å². The summed E-state index contributed by atoms with van der Waals surface area (Å²) in [4.78, 5) is 16.9. The number of hydrogen-bond donors (Lipinski definition) is 5. The highest BCUT2D eigenvalue weighted by Gasteiger charge is 2.17. The van der Waals surface area contributed by atoms with Crippen molar-refractivity contribution in [3.8, 4) is 33.8 Å². The number of benzene rings is 2. The van der Waals surface area contributed by atoms with Crippen molar-refractivity contribution < 1.29 is 17.9 Å². The van der Waals surface area contributed by atoms with Crippen molar-refractivity contribution in [3.05, 3.63) is 115 Å². The van der Waals surface area contributed by atoms with Crippen LogP contribution in [0.5, 0.6) is 0 Å². The van der Waals surface area contributed by atoms with E-state index in [0.29, 0.717) is 39.5 Å². The smallest absolute Gasteiger partial charge is 0.209 e. The summed E-state index contributed by atoms with van der Waals surface area (Å²) >= 11 is 0. The van der Waals surface area contributed by atoms with Gasteiger partial charge in [-0.2, -0.15) is 5.10 Å². The van der Waals surface area contributed by atoms with Crippen LogP contribution in [0.3, 0.4) is 0 Å². The maximum absolute atomic E-state index is 14.6. The number of nitrogens with one attached hydrogen (secondary N) is 4. The van der Waals surface area contributed by atoms with Gasteiger partial charge < -0.3 is 15.4 Å². The Labute approximate surface area is 262 Å². The van der Waals surface area contributed by atoms with Gasteiger partial charge in [-0.05, 0) is 48.0 Å². The molecule has 0 bridgehead atoms. The second-order valence-electron chi connectivity index (χ2n) is 10.9. The van der Waals surface area contributed by atoms with Crippen molar-refractivity contribution in [2.24, 2.45) is 0 Å². The maximum Gasteiger partial charge on any atom is 0.209 e. The lowest BCUT2D eigenvalue weighted by atomic mass is 10.0. The van der Waals surface area contributed by atoms with Crippen LogP contribution in [0.2, 0.25) is 0 Å². The van der Waals surface area contributed by atoms with Crippen molar-refractivity contribution in [2.75, 3.05) is 11.6 Å². The molecule has 0 aliphatic carbocycles. The summed E-state index contributed by atoms with van der Waals surface area (Å²) in [5.41, 5.74) is 7.16. The molecule has 5 N–H and O–H groups in total. The van der Waals surface area contributed by atoms with Crippen molar-refractivity contribution in [3.63, 3.8) is 0 Å². The third-order valence-electron chi connectivity index (χ3n) is 7.48. The van der Waals surface area contributed by atoms with Gasteiger partial charge in [0, 0.05) is 63.7 Å². The molecule has 13 heteroatoms. The molecule has 230 valence electrons. The van der Waals surface area contributed by atoms with Crippen LogP contribution in [-0.4, -0.2) is 49.9 Å². The summed E-state index contributed by atoms with van der Waals surface area (Å²) in [7, 11) is -3.45. The first-order valence-corrected chi connectivity index (χ1v) is 16.1. The van der Waals surface area contributed by atoms with Gasteiger partial charge in [-0.25, -0.2) is 22.5 Å². The zero-order valence-electron chi connectivity index (χ0n) is 24.4. The predicted molar refractivity (Wildman–Crippen MR) is 174 cm³/mol. The second kappa shape index (κ2) is 11.8. The zero-order chi connectivity index (χ0) is 31.8. The molecule has 0 amide bonds. The van der Waals surface area contributed by atoms with Gasteiger partial charge in [-0.3, -0.25) is 15.1 Å². The fourth-order valence-corrected chi connectivity index (χ4v) is 5.76. The number of hydrogen-bond acceptors (Lipinski definition) is 8. The molecule has 0 aliphatic heterocycles. The molecule has 1 unspecified atom stereocenters. The lowest BCUT2D eigenvalue weighted by Crippen LogP contribution is -2.21. The van der Waals surface area contributed by atoms with Crippen LogP contribution >= 0.6 is 0 Å². The first kappa shape index (κ1) is 29.2. The Balaban J connectivity index is 1.22. The number of pyridine rings is 3. The zero-order valence-corrected chi connectivity index (χ0v) is 25.2. The summed E-state index contributed by atoms with van der Waals surface area (Å²) in [5, 5.41) is 22.7. The van der Waals surface area contributed by atoms with Crippen LogP contribution in [0.25, 0.3) is 55.7 Å². The number of H-pyrrole nitrogens is 2. The number of fused-ring (bicyclic) bond motifs is 2. The topological polar surface area (TPSA) is 162 Å². The minimum atomic E-state index is -3.45. The van der Waals surface area contributed by atoms with Gasteiger partial charge in [0.15, 0.2) is 11.9 Å². The SMILES string of the molecule is CS(=O)(=O)NCc1cc(F)cc(-c2nccc3[nH]c(-c4n[nH]c5ncc(-c6cncc(NC(O)c7ccccc7)c6)cc45)cc23)c1. The minimum Gasteiger partial charge on any atom is -0.369 e. The molecule has 0 aliphatic rings. The van der Waals surface area contributed by atoms with E-state index in [-0.39, 0.29) is 6.54 Å². The third kappa shape index (κ3) is 6.06. The first-order chi connectivity index (χ1) is 22.2. The van der Waals surface area contributed by atoms with Gasteiger partial charge in [0.1, 0.15) is 11.5 Å². The number of aliphatic hydroxyl groups excluding tert-OH is 1. The molecule has 0 radical (unpaired) electrons. The van der Waals surface area contributed by atoms with E-state index in [9.17, 15) is 17.9 Å². The van der Waals surface area contributed by atoms with Crippen molar-refractivity contribution >= 4 is 37.6 Å². The Morgan fingerprint density at radius 3 is 2.54 bits per heavy atom. The molecule has 46 heavy (non-hydrogen) atoms. The highest BCUT2D eigenvalue weighted by atomic mass is 32.2. The van der Waals surface area contributed by atoms with Crippen LogP contribution in [0, 0.1) is 5.82 Å². The van der Waals surface area contributed by atoms with E-state index in [1.165, 1.54) is 12.1 Å². The molecule has 5 aromatic heterocycles. The van der Waals surface area contributed by atoms with E-state index in [1.807, 2.05) is 54.6 Å². The molecule has 0 fully saturated rings. The van der Waals surface area contributed by atoms with E-state index in [1.54, 1.807) is 30.9 Å². The van der Waals surface area contributed by atoms with E-state index < -0.39 is 22.1 Å². The number of nitrogens with zero attached hydrogens (tertiary/aromatic N) is 4. The number of aromatic nitrogens is 6.